The zero-order valence-electron chi connectivity index (χ0n) is 12.1. The number of benzene rings is 1. The summed E-state index contributed by atoms with van der Waals surface area (Å²) >= 11 is 0. The molecule has 6 nitrogen and oxygen atoms in total. The van der Waals surface area contributed by atoms with Gasteiger partial charge < -0.3 is 14.6 Å². The Hall–Kier alpha value is -2.08. The number of ether oxygens (including phenoxy) is 2. The number of rotatable bonds is 3. The van der Waals surface area contributed by atoms with E-state index in [1.165, 1.54) is 4.90 Å². The van der Waals surface area contributed by atoms with Crippen LogP contribution in [0.4, 0.5) is 4.79 Å². The maximum absolute atomic E-state index is 12.2. The molecule has 1 aromatic rings. The third-order valence-corrected chi connectivity index (χ3v) is 3.45. The van der Waals surface area contributed by atoms with Crippen LogP contribution in [-0.2, 0) is 20.9 Å². The number of hydrogen-bond acceptors (Lipinski definition) is 4. The Balaban J connectivity index is 2.04. The summed E-state index contributed by atoms with van der Waals surface area (Å²) in [4.78, 5) is 24.8. The highest BCUT2D eigenvalue weighted by atomic mass is 16.6. The second-order valence-electron chi connectivity index (χ2n) is 5.43. The summed E-state index contributed by atoms with van der Waals surface area (Å²) in [5.41, 5.74) is -0.0965. The van der Waals surface area contributed by atoms with Crippen LogP contribution >= 0.6 is 0 Å². The SMILES string of the molecule is CC1(C)OCCN(C(=O)OCc2ccccc2)C1C(=O)O. The van der Waals surface area contributed by atoms with Gasteiger partial charge in [-0.2, -0.15) is 0 Å². The molecule has 1 fully saturated rings. The molecule has 0 radical (unpaired) electrons. The lowest BCUT2D eigenvalue weighted by Crippen LogP contribution is -2.62. The monoisotopic (exact) mass is 293 g/mol. The fraction of sp³-hybridized carbons (Fsp3) is 0.467. The summed E-state index contributed by atoms with van der Waals surface area (Å²) < 4.78 is 10.7. The number of carbonyl (C=O) groups excluding carboxylic acids is 1. The number of carboxylic acids is 1. The van der Waals surface area contributed by atoms with Crippen LogP contribution in [-0.4, -0.2) is 46.9 Å². The predicted octanol–water partition coefficient (Wildman–Crippen LogP) is 1.89. The van der Waals surface area contributed by atoms with E-state index in [4.69, 9.17) is 9.47 Å². The molecule has 1 amide bonds. The van der Waals surface area contributed by atoms with Crippen LogP contribution in [0.15, 0.2) is 30.3 Å². The van der Waals surface area contributed by atoms with Crippen molar-refractivity contribution in [3.63, 3.8) is 0 Å². The topological polar surface area (TPSA) is 76.1 Å². The minimum atomic E-state index is -1.10. The van der Waals surface area contributed by atoms with Gasteiger partial charge in [-0.05, 0) is 19.4 Å². The van der Waals surface area contributed by atoms with Crippen molar-refractivity contribution in [2.45, 2.75) is 32.1 Å². The molecule has 2 rings (SSSR count). The van der Waals surface area contributed by atoms with E-state index in [0.29, 0.717) is 0 Å². The lowest BCUT2D eigenvalue weighted by Gasteiger charge is -2.42. The molecule has 1 heterocycles. The first kappa shape index (κ1) is 15.3. The van der Waals surface area contributed by atoms with Crippen molar-refractivity contribution in [1.29, 1.82) is 0 Å². The van der Waals surface area contributed by atoms with Crippen LogP contribution in [0.5, 0.6) is 0 Å². The lowest BCUT2D eigenvalue weighted by molar-refractivity contribution is -0.168. The van der Waals surface area contributed by atoms with Gasteiger partial charge in [-0.15, -0.1) is 0 Å². The molecule has 1 atom stereocenters. The van der Waals surface area contributed by atoms with Gasteiger partial charge in [0, 0.05) is 6.54 Å². The Morgan fingerprint density at radius 1 is 1.38 bits per heavy atom. The third-order valence-electron chi connectivity index (χ3n) is 3.45. The van der Waals surface area contributed by atoms with Gasteiger partial charge in [0.25, 0.3) is 0 Å². The van der Waals surface area contributed by atoms with Gasteiger partial charge in [0.2, 0.25) is 0 Å². The minimum absolute atomic E-state index is 0.115. The summed E-state index contributed by atoms with van der Waals surface area (Å²) in [5.74, 6) is -1.10. The number of nitrogens with zero attached hydrogens (tertiary/aromatic N) is 1. The first-order chi connectivity index (χ1) is 9.92. The average Bonchev–Trinajstić information content (AvgIpc) is 2.44. The van der Waals surface area contributed by atoms with Gasteiger partial charge >= 0.3 is 12.1 Å². The van der Waals surface area contributed by atoms with Gasteiger partial charge in [-0.3, -0.25) is 4.90 Å². The maximum atomic E-state index is 12.2. The summed E-state index contributed by atoms with van der Waals surface area (Å²) in [6.45, 7) is 3.92. The van der Waals surface area contributed by atoms with Crippen molar-refractivity contribution in [3.8, 4) is 0 Å². The summed E-state index contributed by atoms with van der Waals surface area (Å²) in [6, 6.07) is 8.18. The van der Waals surface area contributed by atoms with E-state index in [1.54, 1.807) is 13.8 Å². The molecule has 1 aromatic carbocycles. The molecule has 1 aliphatic rings. The molecular formula is C15H19NO5. The molecule has 1 unspecified atom stereocenters. The van der Waals surface area contributed by atoms with Crippen molar-refractivity contribution < 1.29 is 24.2 Å². The molecule has 0 bridgehead atoms. The van der Waals surface area contributed by atoms with Crippen molar-refractivity contribution in [2.75, 3.05) is 13.2 Å². The first-order valence-electron chi connectivity index (χ1n) is 6.76. The van der Waals surface area contributed by atoms with Crippen LogP contribution in [0.3, 0.4) is 0 Å². The van der Waals surface area contributed by atoms with E-state index in [0.717, 1.165) is 5.56 Å². The van der Waals surface area contributed by atoms with Crippen molar-refractivity contribution >= 4 is 12.1 Å². The number of carbonyl (C=O) groups is 2. The smallest absolute Gasteiger partial charge is 0.411 e. The minimum Gasteiger partial charge on any atom is -0.480 e. The van der Waals surface area contributed by atoms with E-state index in [1.807, 2.05) is 30.3 Å². The normalized spacial score (nSPS) is 20.9. The van der Waals surface area contributed by atoms with E-state index in [2.05, 4.69) is 0 Å². The number of amides is 1. The Morgan fingerprint density at radius 2 is 2.05 bits per heavy atom. The molecule has 0 spiro atoms. The molecule has 1 N–H and O–H groups in total. The summed E-state index contributed by atoms with van der Waals surface area (Å²) in [7, 11) is 0. The van der Waals surface area contributed by atoms with Crippen LogP contribution in [0.2, 0.25) is 0 Å². The predicted molar refractivity (Wildman–Crippen MR) is 74.8 cm³/mol. The summed E-state index contributed by atoms with van der Waals surface area (Å²) in [6.07, 6.45) is -0.636. The molecule has 0 aromatic heterocycles. The van der Waals surface area contributed by atoms with Crippen LogP contribution < -0.4 is 0 Å². The highest BCUT2D eigenvalue weighted by molar-refractivity contribution is 5.81. The number of morpholine rings is 1. The molecule has 114 valence electrons. The Bertz CT molecular complexity index is 514. The first-order valence-corrected chi connectivity index (χ1v) is 6.76. The molecular weight excluding hydrogens is 274 g/mol. The molecule has 1 aliphatic heterocycles. The fourth-order valence-electron chi connectivity index (χ4n) is 2.42. The number of hydrogen-bond donors (Lipinski definition) is 1. The van der Waals surface area contributed by atoms with Crippen molar-refractivity contribution in [2.24, 2.45) is 0 Å². The Labute approximate surface area is 123 Å². The van der Waals surface area contributed by atoms with E-state index in [-0.39, 0.29) is 19.8 Å². The van der Waals surface area contributed by atoms with Crippen molar-refractivity contribution in [1.82, 2.24) is 4.90 Å². The van der Waals surface area contributed by atoms with E-state index in [9.17, 15) is 14.7 Å². The van der Waals surface area contributed by atoms with E-state index < -0.39 is 23.7 Å². The zero-order chi connectivity index (χ0) is 15.5. The fourth-order valence-corrected chi connectivity index (χ4v) is 2.42. The quantitative estimate of drug-likeness (QED) is 0.921. The average molecular weight is 293 g/mol. The highest BCUT2D eigenvalue weighted by Crippen LogP contribution is 2.25. The van der Waals surface area contributed by atoms with Crippen LogP contribution in [0.1, 0.15) is 19.4 Å². The number of carboxylic acid groups (broad SMARTS) is 1. The Morgan fingerprint density at radius 3 is 2.67 bits per heavy atom. The van der Waals surface area contributed by atoms with Crippen LogP contribution in [0, 0.1) is 0 Å². The third kappa shape index (κ3) is 3.52. The molecule has 21 heavy (non-hydrogen) atoms. The Kier molecular flexibility index (Phi) is 4.47. The van der Waals surface area contributed by atoms with Crippen molar-refractivity contribution in [3.05, 3.63) is 35.9 Å². The highest BCUT2D eigenvalue weighted by Gasteiger charge is 2.46. The van der Waals surface area contributed by atoms with Gasteiger partial charge in [0.1, 0.15) is 6.61 Å². The van der Waals surface area contributed by atoms with Gasteiger partial charge in [0.15, 0.2) is 6.04 Å². The standard InChI is InChI=1S/C15H19NO5/c1-15(2)12(13(17)18)16(8-9-21-15)14(19)20-10-11-6-4-3-5-7-11/h3-7,12H,8-10H2,1-2H3,(H,17,18). The van der Waals surface area contributed by atoms with Gasteiger partial charge in [0.05, 0.1) is 12.2 Å². The zero-order valence-corrected chi connectivity index (χ0v) is 12.1. The lowest BCUT2D eigenvalue weighted by atomic mass is 9.95. The molecule has 1 saturated heterocycles. The largest absolute Gasteiger partial charge is 0.480 e. The van der Waals surface area contributed by atoms with Crippen LogP contribution in [0.25, 0.3) is 0 Å². The maximum Gasteiger partial charge on any atom is 0.411 e. The molecule has 0 saturated carbocycles. The number of aliphatic carboxylic acids is 1. The van der Waals surface area contributed by atoms with E-state index >= 15 is 0 Å². The summed E-state index contributed by atoms with van der Waals surface area (Å²) in [5, 5.41) is 9.35. The molecule has 6 heteroatoms. The second-order valence-corrected chi connectivity index (χ2v) is 5.43. The van der Waals surface area contributed by atoms with Gasteiger partial charge in [-0.25, -0.2) is 9.59 Å². The molecule has 0 aliphatic carbocycles. The van der Waals surface area contributed by atoms with Gasteiger partial charge in [-0.1, -0.05) is 30.3 Å². The second kappa shape index (κ2) is 6.13.